The summed E-state index contributed by atoms with van der Waals surface area (Å²) in [5.41, 5.74) is 0. The molecule has 0 aromatic carbocycles. The Balaban J connectivity index is 2.32. The van der Waals surface area contributed by atoms with Gasteiger partial charge in [0.25, 0.3) is 0 Å². The normalized spacial score (nSPS) is 32.6. The molecule has 0 amide bonds. The van der Waals surface area contributed by atoms with Crippen LogP contribution < -0.4 is 0 Å². The van der Waals surface area contributed by atoms with E-state index in [1.807, 2.05) is 13.0 Å². The maximum atomic E-state index is 8.59. The van der Waals surface area contributed by atoms with E-state index in [1.165, 1.54) is 0 Å². The van der Waals surface area contributed by atoms with Crippen molar-refractivity contribution in [3.8, 4) is 0 Å². The van der Waals surface area contributed by atoms with Gasteiger partial charge in [0.1, 0.15) is 0 Å². The fraction of sp³-hybridized carbons (Fsp3) is 0.750. The van der Waals surface area contributed by atoms with Crippen LogP contribution in [0.3, 0.4) is 0 Å². The first-order chi connectivity index (χ1) is 4.83. The first-order valence-electron chi connectivity index (χ1n) is 3.76. The van der Waals surface area contributed by atoms with Crippen LogP contribution in [0.5, 0.6) is 0 Å². The van der Waals surface area contributed by atoms with Gasteiger partial charge in [-0.2, -0.15) is 0 Å². The topological polar surface area (TPSA) is 29.5 Å². The molecule has 2 heteroatoms. The number of hydrogen-bond donors (Lipinski definition) is 1. The minimum atomic E-state index is 0.147. The molecule has 1 aliphatic rings. The van der Waals surface area contributed by atoms with Crippen LogP contribution in [0.25, 0.3) is 0 Å². The second kappa shape index (κ2) is 3.74. The lowest BCUT2D eigenvalue weighted by atomic mass is 10.1. The van der Waals surface area contributed by atoms with Gasteiger partial charge in [-0.05, 0) is 13.3 Å². The van der Waals surface area contributed by atoms with Crippen molar-refractivity contribution < 1.29 is 9.84 Å². The third kappa shape index (κ3) is 2.12. The van der Waals surface area contributed by atoms with E-state index in [0.717, 1.165) is 12.8 Å². The first kappa shape index (κ1) is 7.76. The van der Waals surface area contributed by atoms with Gasteiger partial charge in [-0.25, -0.2) is 0 Å². The third-order valence-electron chi connectivity index (χ3n) is 1.64. The molecule has 0 saturated carbocycles. The average molecular weight is 142 g/mol. The summed E-state index contributed by atoms with van der Waals surface area (Å²) in [6, 6.07) is 0. The zero-order chi connectivity index (χ0) is 7.40. The smallest absolute Gasteiger partial charge is 0.0781 e. The molecule has 1 N–H and O–H groups in total. The highest BCUT2D eigenvalue weighted by Gasteiger charge is 2.12. The summed E-state index contributed by atoms with van der Waals surface area (Å²) in [7, 11) is 0. The van der Waals surface area contributed by atoms with Crippen molar-refractivity contribution in [2.45, 2.75) is 32.0 Å². The molecule has 0 aromatic heterocycles. The van der Waals surface area contributed by atoms with Gasteiger partial charge >= 0.3 is 0 Å². The highest BCUT2D eigenvalue weighted by molar-refractivity contribution is 4.94. The number of hydrogen-bond acceptors (Lipinski definition) is 2. The van der Waals surface area contributed by atoms with Gasteiger partial charge in [0, 0.05) is 13.0 Å². The summed E-state index contributed by atoms with van der Waals surface area (Å²) in [5.74, 6) is 0. The second-order valence-electron chi connectivity index (χ2n) is 2.66. The van der Waals surface area contributed by atoms with E-state index in [0.29, 0.717) is 6.10 Å². The molecular weight excluding hydrogens is 128 g/mol. The summed E-state index contributed by atoms with van der Waals surface area (Å²) in [6.07, 6.45) is 6.34. The van der Waals surface area contributed by atoms with Crippen LogP contribution in [-0.2, 0) is 4.74 Å². The molecule has 58 valence electrons. The van der Waals surface area contributed by atoms with Crippen molar-refractivity contribution in [3.63, 3.8) is 0 Å². The number of ether oxygens (including phenoxy) is 1. The fourth-order valence-electron chi connectivity index (χ4n) is 1.11. The van der Waals surface area contributed by atoms with Crippen LogP contribution >= 0.6 is 0 Å². The number of aliphatic hydroxyl groups excluding tert-OH is 1. The monoisotopic (exact) mass is 142 g/mol. The minimum absolute atomic E-state index is 0.147. The van der Waals surface area contributed by atoms with E-state index < -0.39 is 0 Å². The number of rotatable bonds is 2. The van der Waals surface area contributed by atoms with Gasteiger partial charge in [-0.1, -0.05) is 12.2 Å². The fourth-order valence-corrected chi connectivity index (χ4v) is 1.11. The van der Waals surface area contributed by atoms with Crippen LogP contribution in [0.15, 0.2) is 12.2 Å². The highest BCUT2D eigenvalue weighted by Crippen LogP contribution is 2.13. The van der Waals surface area contributed by atoms with Crippen molar-refractivity contribution in [2.75, 3.05) is 6.61 Å². The Morgan fingerprint density at radius 2 is 2.50 bits per heavy atom. The van der Waals surface area contributed by atoms with Gasteiger partial charge in [-0.15, -0.1) is 0 Å². The molecule has 2 atom stereocenters. The van der Waals surface area contributed by atoms with E-state index in [1.54, 1.807) is 0 Å². The van der Waals surface area contributed by atoms with E-state index in [2.05, 4.69) is 6.08 Å². The predicted octanol–water partition coefficient (Wildman–Crippen LogP) is 1.10. The molecule has 2 nitrogen and oxygen atoms in total. The molecule has 1 rings (SSSR count). The molecule has 0 saturated heterocycles. The first-order valence-corrected chi connectivity index (χ1v) is 3.76. The molecule has 1 heterocycles. The molecule has 0 unspecified atom stereocenters. The van der Waals surface area contributed by atoms with E-state index in [9.17, 15) is 0 Å². The molecule has 10 heavy (non-hydrogen) atoms. The predicted molar refractivity (Wildman–Crippen MR) is 39.8 cm³/mol. The Hall–Kier alpha value is -0.340. The third-order valence-corrected chi connectivity index (χ3v) is 1.64. The maximum Gasteiger partial charge on any atom is 0.0781 e. The summed E-state index contributed by atoms with van der Waals surface area (Å²) < 4.78 is 5.48. The minimum Gasteiger partial charge on any atom is -0.396 e. The summed E-state index contributed by atoms with van der Waals surface area (Å²) in [5, 5.41) is 8.59. The molecule has 0 radical (unpaired) electrons. The van der Waals surface area contributed by atoms with Gasteiger partial charge in [-0.3, -0.25) is 0 Å². The lowest BCUT2D eigenvalue weighted by Gasteiger charge is -2.22. The standard InChI is InChI=1S/C8H14O2/c1-7-3-2-4-8(10-7)5-6-9/h2,4,7-9H,3,5-6H2,1H3/t7-,8-/m0/s1. The Morgan fingerprint density at radius 3 is 3.10 bits per heavy atom. The molecule has 0 aliphatic carbocycles. The summed E-state index contributed by atoms with van der Waals surface area (Å²) in [4.78, 5) is 0. The Kier molecular flexibility index (Phi) is 2.90. The van der Waals surface area contributed by atoms with Crippen molar-refractivity contribution in [1.29, 1.82) is 0 Å². The van der Waals surface area contributed by atoms with Crippen LogP contribution in [0.1, 0.15) is 19.8 Å². The Labute approximate surface area is 61.5 Å². The van der Waals surface area contributed by atoms with E-state index >= 15 is 0 Å². The molecule has 0 bridgehead atoms. The van der Waals surface area contributed by atoms with Crippen molar-refractivity contribution in [3.05, 3.63) is 12.2 Å². The van der Waals surface area contributed by atoms with Crippen molar-refractivity contribution >= 4 is 0 Å². The quantitative estimate of drug-likeness (QED) is 0.585. The highest BCUT2D eigenvalue weighted by atomic mass is 16.5. The maximum absolute atomic E-state index is 8.59. The summed E-state index contributed by atoms with van der Waals surface area (Å²) >= 11 is 0. The van der Waals surface area contributed by atoms with Gasteiger partial charge in [0.15, 0.2) is 0 Å². The molecule has 0 aromatic rings. The molecular formula is C8H14O2. The Morgan fingerprint density at radius 1 is 1.70 bits per heavy atom. The second-order valence-corrected chi connectivity index (χ2v) is 2.66. The average Bonchev–Trinajstić information content (AvgIpc) is 1.88. The van der Waals surface area contributed by atoms with Gasteiger partial charge < -0.3 is 9.84 Å². The lowest BCUT2D eigenvalue weighted by molar-refractivity contribution is 0.00581. The molecule has 1 aliphatic heterocycles. The SMILES string of the molecule is C[C@H]1CC=C[C@@H](CCO)O1. The van der Waals surface area contributed by atoms with Crippen LogP contribution in [0, 0.1) is 0 Å². The van der Waals surface area contributed by atoms with Crippen molar-refractivity contribution in [1.82, 2.24) is 0 Å². The van der Waals surface area contributed by atoms with E-state index in [4.69, 9.17) is 9.84 Å². The molecule has 0 spiro atoms. The van der Waals surface area contributed by atoms with Gasteiger partial charge in [0.05, 0.1) is 12.2 Å². The Bertz CT molecular complexity index is 120. The number of aliphatic hydroxyl groups is 1. The van der Waals surface area contributed by atoms with Crippen LogP contribution in [-0.4, -0.2) is 23.9 Å². The van der Waals surface area contributed by atoms with Crippen LogP contribution in [0.2, 0.25) is 0 Å². The molecule has 0 fully saturated rings. The van der Waals surface area contributed by atoms with Gasteiger partial charge in [0.2, 0.25) is 0 Å². The van der Waals surface area contributed by atoms with Crippen molar-refractivity contribution in [2.24, 2.45) is 0 Å². The zero-order valence-electron chi connectivity index (χ0n) is 6.29. The largest absolute Gasteiger partial charge is 0.396 e. The van der Waals surface area contributed by atoms with Crippen LogP contribution in [0.4, 0.5) is 0 Å². The van der Waals surface area contributed by atoms with E-state index in [-0.39, 0.29) is 12.7 Å². The lowest BCUT2D eigenvalue weighted by Crippen LogP contribution is -2.22. The summed E-state index contributed by atoms with van der Waals surface area (Å²) in [6.45, 7) is 2.26. The zero-order valence-corrected chi connectivity index (χ0v) is 6.29.